The van der Waals surface area contributed by atoms with Crippen molar-refractivity contribution in [2.45, 2.75) is 13.0 Å². The van der Waals surface area contributed by atoms with Crippen molar-refractivity contribution in [3.63, 3.8) is 0 Å². The van der Waals surface area contributed by atoms with Crippen LogP contribution in [0.15, 0.2) is 24.3 Å². The molecule has 0 aliphatic carbocycles. The van der Waals surface area contributed by atoms with E-state index in [2.05, 4.69) is 29.3 Å². The van der Waals surface area contributed by atoms with E-state index in [1.165, 1.54) is 11.4 Å². The Hall–Kier alpha value is -1.22. The van der Waals surface area contributed by atoms with E-state index in [-0.39, 0.29) is 6.61 Å². The van der Waals surface area contributed by atoms with Crippen LogP contribution >= 0.6 is 0 Å². The molecule has 1 unspecified atom stereocenters. The van der Waals surface area contributed by atoms with Gasteiger partial charge in [-0.2, -0.15) is 0 Å². The van der Waals surface area contributed by atoms with E-state index in [4.69, 9.17) is 5.11 Å². The molecular formula is C11H16N2O. The van der Waals surface area contributed by atoms with Crippen LogP contribution in [-0.2, 0) is 0 Å². The summed E-state index contributed by atoms with van der Waals surface area (Å²) in [5.74, 6) is 0. The second-order valence-electron chi connectivity index (χ2n) is 3.66. The molecule has 2 N–H and O–H groups in total. The Balaban J connectivity index is 2.31. The van der Waals surface area contributed by atoms with Crippen molar-refractivity contribution >= 4 is 11.4 Å². The van der Waals surface area contributed by atoms with Crippen molar-refractivity contribution in [2.24, 2.45) is 0 Å². The highest BCUT2D eigenvalue weighted by molar-refractivity contribution is 5.72. The zero-order chi connectivity index (χ0) is 9.97. The fourth-order valence-electron chi connectivity index (χ4n) is 1.93. The molecule has 1 aromatic carbocycles. The number of nitrogens with zero attached hydrogens (tertiary/aromatic N) is 1. The van der Waals surface area contributed by atoms with Crippen molar-refractivity contribution in [1.82, 2.24) is 0 Å². The van der Waals surface area contributed by atoms with Crippen LogP contribution in [0.4, 0.5) is 11.4 Å². The molecule has 14 heavy (non-hydrogen) atoms. The molecule has 0 aromatic heterocycles. The highest BCUT2D eigenvalue weighted by Gasteiger charge is 2.21. The van der Waals surface area contributed by atoms with Crippen molar-refractivity contribution in [2.75, 3.05) is 29.9 Å². The molecule has 3 heteroatoms. The van der Waals surface area contributed by atoms with Crippen LogP contribution in [-0.4, -0.2) is 30.8 Å². The first-order valence-corrected chi connectivity index (χ1v) is 5.03. The van der Waals surface area contributed by atoms with Gasteiger partial charge in [-0.25, -0.2) is 0 Å². The van der Waals surface area contributed by atoms with Crippen LogP contribution in [0, 0.1) is 0 Å². The zero-order valence-electron chi connectivity index (χ0n) is 8.40. The average Bonchev–Trinajstić information content (AvgIpc) is 2.23. The van der Waals surface area contributed by atoms with Gasteiger partial charge in [-0.05, 0) is 19.1 Å². The van der Waals surface area contributed by atoms with Crippen LogP contribution < -0.4 is 10.2 Å². The third kappa shape index (κ3) is 1.55. The third-order valence-corrected chi connectivity index (χ3v) is 2.67. The SMILES string of the molecule is CC1CNc2ccccc2N1CCO. The lowest BCUT2D eigenvalue weighted by molar-refractivity contribution is 0.298. The summed E-state index contributed by atoms with van der Waals surface area (Å²) >= 11 is 0. The summed E-state index contributed by atoms with van der Waals surface area (Å²) in [6.45, 7) is 4.02. The number of aliphatic hydroxyl groups excluding tert-OH is 1. The minimum atomic E-state index is 0.207. The van der Waals surface area contributed by atoms with E-state index in [9.17, 15) is 0 Å². The number of benzene rings is 1. The highest BCUT2D eigenvalue weighted by Crippen LogP contribution is 2.30. The Morgan fingerprint density at radius 2 is 2.29 bits per heavy atom. The maximum atomic E-state index is 9.00. The second-order valence-corrected chi connectivity index (χ2v) is 3.66. The first-order valence-electron chi connectivity index (χ1n) is 5.03. The van der Waals surface area contributed by atoms with Gasteiger partial charge in [0.1, 0.15) is 0 Å². The lowest BCUT2D eigenvalue weighted by Gasteiger charge is -2.37. The van der Waals surface area contributed by atoms with Gasteiger partial charge in [-0.3, -0.25) is 0 Å². The van der Waals surface area contributed by atoms with Gasteiger partial charge in [0.15, 0.2) is 0 Å². The molecule has 0 radical (unpaired) electrons. The van der Waals surface area contributed by atoms with Gasteiger partial charge >= 0.3 is 0 Å². The number of aliphatic hydroxyl groups is 1. The van der Waals surface area contributed by atoms with E-state index in [1.807, 2.05) is 12.1 Å². The van der Waals surface area contributed by atoms with Gasteiger partial charge in [-0.1, -0.05) is 12.1 Å². The second kappa shape index (κ2) is 3.88. The predicted octanol–water partition coefficient (Wildman–Crippen LogP) is 1.30. The van der Waals surface area contributed by atoms with Crippen LogP contribution in [0.3, 0.4) is 0 Å². The Kier molecular flexibility index (Phi) is 2.59. The molecule has 0 saturated heterocycles. The minimum absolute atomic E-state index is 0.207. The maximum absolute atomic E-state index is 9.00. The van der Waals surface area contributed by atoms with Gasteiger partial charge in [0.2, 0.25) is 0 Å². The number of nitrogens with one attached hydrogen (secondary N) is 1. The molecule has 0 saturated carbocycles. The number of rotatable bonds is 2. The normalized spacial score (nSPS) is 20.1. The number of para-hydroxylation sites is 2. The van der Waals surface area contributed by atoms with Crippen LogP contribution in [0.5, 0.6) is 0 Å². The topological polar surface area (TPSA) is 35.5 Å². The largest absolute Gasteiger partial charge is 0.395 e. The summed E-state index contributed by atoms with van der Waals surface area (Å²) in [7, 11) is 0. The van der Waals surface area contributed by atoms with E-state index in [1.54, 1.807) is 0 Å². The van der Waals surface area contributed by atoms with Gasteiger partial charge in [0, 0.05) is 19.1 Å². The van der Waals surface area contributed by atoms with Crippen LogP contribution in [0.2, 0.25) is 0 Å². The summed E-state index contributed by atoms with van der Waals surface area (Å²) in [5, 5.41) is 12.4. The molecule has 3 nitrogen and oxygen atoms in total. The predicted molar refractivity (Wildman–Crippen MR) is 58.8 cm³/mol. The molecule has 76 valence electrons. The van der Waals surface area contributed by atoms with Crippen molar-refractivity contribution in [1.29, 1.82) is 0 Å². The van der Waals surface area contributed by atoms with Crippen molar-refractivity contribution < 1.29 is 5.11 Å². The Labute approximate surface area is 84.4 Å². The maximum Gasteiger partial charge on any atom is 0.0606 e. The lowest BCUT2D eigenvalue weighted by atomic mass is 10.1. The molecule has 0 amide bonds. The zero-order valence-corrected chi connectivity index (χ0v) is 8.40. The van der Waals surface area contributed by atoms with Crippen molar-refractivity contribution in [3.05, 3.63) is 24.3 Å². The third-order valence-electron chi connectivity index (χ3n) is 2.67. The smallest absolute Gasteiger partial charge is 0.0606 e. The molecule has 1 aliphatic rings. The molecule has 1 aromatic rings. The number of fused-ring (bicyclic) bond motifs is 1. The summed E-state index contributed by atoms with van der Waals surface area (Å²) in [6.07, 6.45) is 0. The van der Waals surface area contributed by atoms with Gasteiger partial charge < -0.3 is 15.3 Å². The fourth-order valence-corrected chi connectivity index (χ4v) is 1.93. The van der Waals surface area contributed by atoms with E-state index < -0.39 is 0 Å². The van der Waals surface area contributed by atoms with Gasteiger partial charge in [-0.15, -0.1) is 0 Å². The van der Waals surface area contributed by atoms with Gasteiger partial charge in [0.05, 0.1) is 18.0 Å². The van der Waals surface area contributed by atoms with Crippen LogP contribution in [0.25, 0.3) is 0 Å². The van der Waals surface area contributed by atoms with Gasteiger partial charge in [0.25, 0.3) is 0 Å². The Morgan fingerprint density at radius 3 is 3.07 bits per heavy atom. The molecular weight excluding hydrogens is 176 g/mol. The highest BCUT2D eigenvalue weighted by atomic mass is 16.3. The molecule has 0 fully saturated rings. The first kappa shape index (κ1) is 9.34. The molecule has 1 heterocycles. The van der Waals surface area contributed by atoms with E-state index in [0.717, 1.165) is 6.54 Å². The average molecular weight is 192 g/mol. The molecule has 0 bridgehead atoms. The van der Waals surface area contributed by atoms with E-state index >= 15 is 0 Å². The standard InChI is InChI=1S/C11H16N2O/c1-9-8-12-10-4-2-3-5-11(10)13(9)6-7-14/h2-5,9,12,14H,6-8H2,1H3. The number of hydrogen-bond donors (Lipinski definition) is 2. The Morgan fingerprint density at radius 1 is 1.50 bits per heavy atom. The summed E-state index contributed by atoms with van der Waals surface area (Å²) < 4.78 is 0. The summed E-state index contributed by atoms with van der Waals surface area (Å²) in [6, 6.07) is 8.67. The molecule has 1 atom stereocenters. The molecule has 2 rings (SSSR count). The molecule has 1 aliphatic heterocycles. The quantitative estimate of drug-likeness (QED) is 0.741. The van der Waals surface area contributed by atoms with Crippen molar-refractivity contribution in [3.8, 4) is 0 Å². The Bertz CT molecular complexity index is 314. The summed E-state index contributed by atoms with van der Waals surface area (Å²) in [4.78, 5) is 2.24. The van der Waals surface area contributed by atoms with Crippen LogP contribution in [0.1, 0.15) is 6.92 Å². The molecule has 0 spiro atoms. The fraction of sp³-hybridized carbons (Fsp3) is 0.455. The van der Waals surface area contributed by atoms with E-state index in [0.29, 0.717) is 12.6 Å². The number of anilines is 2. The number of hydrogen-bond acceptors (Lipinski definition) is 3. The summed E-state index contributed by atoms with van der Waals surface area (Å²) in [5.41, 5.74) is 2.36. The minimum Gasteiger partial charge on any atom is -0.395 e. The first-order chi connectivity index (χ1) is 6.83. The number of β-amino-alcohol motifs (C(OH)–C–C–N with tert-alkyl or cyclic N) is 1. The lowest BCUT2D eigenvalue weighted by Crippen LogP contribution is -2.43. The monoisotopic (exact) mass is 192 g/mol.